The van der Waals surface area contributed by atoms with Crippen molar-refractivity contribution >= 4 is 22.5 Å². The average molecular weight is 257 g/mol. The number of halogens is 1. The standard InChI is InChI=1S/C14H9ClN2O/c15-14-12-7-10(3-6-13(12)16-8-17-14)9-1-4-11(18)5-2-9/h1-8,18H. The van der Waals surface area contributed by atoms with E-state index < -0.39 is 0 Å². The van der Waals surface area contributed by atoms with Gasteiger partial charge in [0.15, 0.2) is 0 Å². The summed E-state index contributed by atoms with van der Waals surface area (Å²) < 4.78 is 0. The van der Waals surface area contributed by atoms with E-state index in [2.05, 4.69) is 9.97 Å². The zero-order valence-electron chi connectivity index (χ0n) is 9.34. The molecular weight excluding hydrogens is 248 g/mol. The van der Waals surface area contributed by atoms with Crippen molar-refractivity contribution in [1.82, 2.24) is 9.97 Å². The van der Waals surface area contributed by atoms with Crippen molar-refractivity contribution in [3.8, 4) is 16.9 Å². The second-order valence-corrected chi connectivity index (χ2v) is 4.30. The summed E-state index contributed by atoms with van der Waals surface area (Å²) in [5.74, 6) is 0.251. The molecule has 0 aliphatic rings. The molecule has 0 saturated carbocycles. The van der Waals surface area contributed by atoms with Gasteiger partial charge in [-0.3, -0.25) is 0 Å². The van der Waals surface area contributed by atoms with Crippen LogP contribution in [-0.4, -0.2) is 15.1 Å². The first-order chi connectivity index (χ1) is 8.74. The fraction of sp³-hybridized carbons (Fsp3) is 0. The molecule has 0 bridgehead atoms. The van der Waals surface area contributed by atoms with Crippen LogP contribution >= 0.6 is 11.6 Å². The number of phenolic OH excluding ortho intramolecular Hbond substituents is 1. The maximum absolute atomic E-state index is 9.28. The predicted octanol–water partition coefficient (Wildman–Crippen LogP) is 3.66. The van der Waals surface area contributed by atoms with Gasteiger partial charge in [0.25, 0.3) is 0 Å². The number of rotatable bonds is 1. The molecule has 18 heavy (non-hydrogen) atoms. The van der Waals surface area contributed by atoms with Crippen molar-refractivity contribution in [3.05, 3.63) is 53.9 Å². The van der Waals surface area contributed by atoms with Crippen LogP contribution in [0, 0.1) is 0 Å². The number of benzene rings is 2. The number of fused-ring (bicyclic) bond motifs is 1. The summed E-state index contributed by atoms with van der Waals surface area (Å²) in [7, 11) is 0. The van der Waals surface area contributed by atoms with Gasteiger partial charge in [-0.05, 0) is 35.4 Å². The minimum atomic E-state index is 0.251. The maximum Gasteiger partial charge on any atom is 0.140 e. The van der Waals surface area contributed by atoms with E-state index in [9.17, 15) is 5.11 Å². The Hall–Kier alpha value is -2.13. The summed E-state index contributed by atoms with van der Waals surface area (Å²) in [6.45, 7) is 0. The third-order valence-electron chi connectivity index (χ3n) is 2.79. The van der Waals surface area contributed by atoms with E-state index >= 15 is 0 Å². The van der Waals surface area contributed by atoms with E-state index in [4.69, 9.17) is 11.6 Å². The molecule has 0 unspecified atom stereocenters. The van der Waals surface area contributed by atoms with Crippen LogP contribution in [0.5, 0.6) is 5.75 Å². The van der Waals surface area contributed by atoms with Gasteiger partial charge in [-0.15, -0.1) is 0 Å². The summed E-state index contributed by atoms with van der Waals surface area (Å²) in [5.41, 5.74) is 2.84. The van der Waals surface area contributed by atoms with Crippen LogP contribution in [-0.2, 0) is 0 Å². The van der Waals surface area contributed by atoms with Gasteiger partial charge in [-0.2, -0.15) is 0 Å². The van der Waals surface area contributed by atoms with Gasteiger partial charge in [-0.25, -0.2) is 9.97 Å². The highest BCUT2D eigenvalue weighted by atomic mass is 35.5. The monoisotopic (exact) mass is 256 g/mol. The Bertz CT molecular complexity index is 711. The molecule has 0 aliphatic heterocycles. The zero-order valence-corrected chi connectivity index (χ0v) is 10.1. The second-order valence-electron chi connectivity index (χ2n) is 3.94. The molecule has 0 spiro atoms. The summed E-state index contributed by atoms with van der Waals surface area (Å²) >= 11 is 6.05. The van der Waals surface area contributed by atoms with Crippen LogP contribution in [0.4, 0.5) is 0 Å². The molecule has 3 nitrogen and oxygen atoms in total. The van der Waals surface area contributed by atoms with E-state index in [1.807, 2.05) is 30.3 Å². The minimum Gasteiger partial charge on any atom is -0.508 e. The van der Waals surface area contributed by atoms with Crippen molar-refractivity contribution in [2.75, 3.05) is 0 Å². The second kappa shape index (κ2) is 4.27. The first kappa shape index (κ1) is 11.0. The Morgan fingerprint density at radius 3 is 2.39 bits per heavy atom. The van der Waals surface area contributed by atoms with E-state index in [1.54, 1.807) is 12.1 Å². The molecule has 1 N–H and O–H groups in total. The molecule has 0 aliphatic carbocycles. The molecule has 2 aromatic carbocycles. The highest BCUT2D eigenvalue weighted by Gasteiger charge is 2.04. The maximum atomic E-state index is 9.28. The lowest BCUT2D eigenvalue weighted by atomic mass is 10.0. The Morgan fingerprint density at radius 1 is 0.889 bits per heavy atom. The van der Waals surface area contributed by atoms with Gasteiger partial charge in [0.2, 0.25) is 0 Å². The van der Waals surface area contributed by atoms with Crippen LogP contribution < -0.4 is 0 Å². The molecule has 3 aromatic rings. The number of hydrogen-bond donors (Lipinski definition) is 1. The summed E-state index contributed by atoms with van der Waals surface area (Å²) in [5, 5.41) is 10.5. The van der Waals surface area contributed by atoms with Crippen LogP contribution in [0.3, 0.4) is 0 Å². The lowest BCUT2D eigenvalue weighted by molar-refractivity contribution is 0.475. The van der Waals surface area contributed by atoms with Crippen molar-refractivity contribution in [3.63, 3.8) is 0 Å². The zero-order chi connectivity index (χ0) is 12.5. The van der Waals surface area contributed by atoms with Crippen LogP contribution in [0.1, 0.15) is 0 Å². The topological polar surface area (TPSA) is 46.0 Å². The van der Waals surface area contributed by atoms with Gasteiger partial charge in [0.05, 0.1) is 5.52 Å². The molecule has 0 radical (unpaired) electrons. The Labute approximate surface area is 109 Å². The molecule has 4 heteroatoms. The van der Waals surface area contributed by atoms with Gasteiger partial charge in [0.1, 0.15) is 17.2 Å². The van der Waals surface area contributed by atoms with Crippen molar-refractivity contribution in [2.24, 2.45) is 0 Å². The van der Waals surface area contributed by atoms with Crippen LogP contribution in [0.2, 0.25) is 5.15 Å². The van der Waals surface area contributed by atoms with Gasteiger partial charge < -0.3 is 5.11 Å². The fourth-order valence-corrected chi connectivity index (χ4v) is 2.05. The quantitative estimate of drug-likeness (QED) is 0.676. The third-order valence-corrected chi connectivity index (χ3v) is 3.09. The lowest BCUT2D eigenvalue weighted by Gasteiger charge is -2.04. The van der Waals surface area contributed by atoms with E-state index in [0.717, 1.165) is 22.0 Å². The normalized spacial score (nSPS) is 10.7. The number of aromatic hydroxyl groups is 1. The van der Waals surface area contributed by atoms with Crippen molar-refractivity contribution in [1.29, 1.82) is 0 Å². The first-order valence-electron chi connectivity index (χ1n) is 5.44. The number of aromatic nitrogens is 2. The third kappa shape index (κ3) is 1.89. The van der Waals surface area contributed by atoms with Crippen molar-refractivity contribution in [2.45, 2.75) is 0 Å². The Balaban J connectivity index is 2.18. The highest BCUT2D eigenvalue weighted by molar-refractivity contribution is 6.34. The smallest absolute Gasteiger partial charge is 0.140 e. The van der Waals surface area contributed by atoms with Gasteiger partial charge in [-0.1, -0.05) is 29.8 Å². The number of phenols is 1. The van der Waals surface area contributed by atoms with E-state index in [-0.39, 0.29) is 5.75 Å². The van der Waals surface area contributed by atoms with Crippen LogP contribution in [0.25, 0.3) is 22.0 Å². The largest absolute Gasteiger partial charge is 0.508 e. The lowest BCUT2D eigenvalue weighted by Crippen LogP contribution is -1.85. The molecule has 0 saturated heterocycles. The van der Waals surface area contributed by atoms with E-state index in [1.165, 1.54) is 6.33 Å². The molecule has 0 fully saturated rings. The predicted molar refractivity (Wildman–Crippen MR) is 71.6 cm³/mol. The molecule has 1 heterocycles. The number of hydrogen-bond acceptors (Lipinski definition) is 3. The highest BCUT2D eigenvalue weighted by Crippen LogP contribution is 2.27. The summed E-state index contributed by atoms with van der Waals surface area (Å²) in [6.07, 6.45) is 1.45. The summed E-state index contributed by atoms with van der Waals surface area (Å²) in [4.78, 5) is 8.13. The molecule has 0 atom stereocenters. The molecule has 1 aromatic heterocycles. The molecule has 0 amide bonds. The van der Waals surface area contributed by atoms with Crippen LogP contribution in [0.15, 0.2) is 48.8 Å². The Morgan fingerprint density at radius 2 is 1.61 bits per heavy atom. The first-order valence-corrected chi connectivity index (χ1v) is 5.81. The Kier molecular flexibility index (Phi) is 2.61. The van der Waals surface area contributed by atoms with Gasteiger partial charge >= 0.3 is 0 Å². The minimum absolute atomic E-state index is 0.251. The SMILES string of the molecule is Oc1ccc(-c2ccc3ncnc(Cl)c3c2)cc1. The number of nitrogens with zero attached hydrogens (tertiary/aromatic N) is 2. The van der Waals surface area contributed by atoms with Crippen molar-refractivity contribution < 1.29 is 5.11 Å². The van der Waals surface area contributed by atoms with E-state index in [0.29, 0.717) is 5.15 Å². The average Bonchev–Trinajstić information content (AvgIpc) is 2.40. The molecule has 88 valence electrons. The summed E-state index contributed by atoms with van der Waals surface area (Å²) in [6, 6.07) is 12.8. The molecule has 3 rings (SSSR count). The fourth-order valence-electron chi connectivity index (χ4n) is 1.86. The van der Waals surface area contributed by atoms with Gasteiger partial charge in [0, 0.05) is 5.39 Å². The molecular formula is C14H9ClN2O.